The zero-order valence-corrected chi connectivity index (χ0v) is 14.2. The van der Waals surface area contributed by atoms with Gasteiger partial charge in [-0.1, -0.05) is 65.3 Å². The fraction of sp³-hybridized carbons (Fsp3) is 0.316. The van der Waals surface area contributed by atoms with Crippen LogP contribution in [0.15, 0.2) is 59.1 Å². The number of hydrogen-bond donors (Lipinski definition) is 1. The smallest absolute Gasteiger partial charge is 0.223 e. The monoisotopic (exact) mass is 357 g/mol. The number of benzene rings is 2. The van der Waals surface area contributed by atoms with Crippen LogP contribution in [0.1, 0.15) is 36.3 Å². The molecule has 2 aromatic rings. The van der Waals surface area contributed by atoms with Gasteiger partial charge < -0.3 is 5.32 Å². The molecule has 1 aliphatic carbocycles. The van der Waals surface area contributed by atoms with Crippen LogP contribution in [-0.4, -0.2) is 12.5 Å². The molecular weight excluding hydrogens is 338 g/mol. The number of halogens is 1. The molecule has 3 rings (SSSR count). The first-order chi connectivity index (χ1) is 10.6. The van der Waals surface area contributed by atoms with Crippen molar-refractivity contribution in [2.75, 3.05) is 6.54 Å². The standard InChI is InChI=1S/C19H20BrNO/c1-13(14-6-3-2-4-7-14)12-21-19(22)18-11-17(18)15-8-5-9-16(20)10-15/h2-10,13,17-18H,11-12H2,1H3,(H,21,22). The second kappa shape index (κ2) is 6.66. The van der Waals surface area contributed by atoms with E-state index in [1.54, 1.807) is 0 Å². The van der Waals surface area contributed by atoms with Gasteiger partial charge in [0.25, 0.3) is 0 Å². The van der Waals surface area contributed by atoms with Gasteiger partial charge in [0, 0.05) is 16.9 Å². The predicted octanol–water partition coefficient (Wildman–Crippen LogP) is 4.47. The van der Waals surface area contributed by atoms with Crippen LogP contribution in [0.4, 0.5) is 0 Å². The normalized spacial score (nSPS) is 21.2. The Bertz CT molecular complexity index is 655. The van der Waals surface area contributed by atoms with Gasteiger partial charge in [0.2, 0.25) is 5.91 Å². The first-order valence-electron chi connectivity index (χ1n) is 7.73. The van der Waals surface area contributed by atoms with E-state index in [9.17, 15) is 4.79 Å². The molecule has 0 aromatic heterocycles. The van der Waals surface area contributed by atoms with Crippen LogP contribution in [-0.2, 0) is 4.79 Å². The predicted molar refractivity (Wildman–Crippen MR) is 92.9 cm³/mol. The van der Waals surface area contributed by atoms with E-state index in [-0.39, 0.29) is 11.8 Å². The Hall–Kier alpha value is -1.61. The number of hydrogen-bond acceptors (Lipinski definition) is 1. The molecule has 114 valence electrons. The average Bonchev–Trinajstić information content (AvgIpc) is 3.34. The molecule has 0 radical (unpaired) electrons. The maximum atomic E-state index is 12.3. The lowest BCUT2D eigenvalue weighted by atomic mass is 10.0. The minimum atomic E-state index is 0.136. The van der Waals surface area contributed by atoms with Crippen molar-refractivity contribution in [2.45, 2.75) is 25.2 Å². The van der Waals surface area contributed by atoms with E-state index in [1.807, 2.05) is 30.3 Å². The first-order valence-corrected chi connectivity index (χ1v) is 8.52. The van der Waals surface area contributed by atoms with Gasteiger partial charge in [-0.3, -0.25) is 4.79 Å². The number of carbonyl (C=O) groups excluding carboxylic acids is 1. The van der Waals surface area contributed by atoms with Gasteiger partial charge in [0.15, 0.2) is 0 Å². The van der Waals surface area contributed by atoms with E-state index in [1.165, 1.54) is 11.1 Å². The van der Waals surface area contributed by atoms with Gasteiger partial charge in [-0.15, -0.1) is 0 Å². The first kappa shape index (κ1) is 15.3. The van der Waals surface area contributed by atoms with Crippen LogP contribution in [0.25, 0.3) is 0 Å². The Morgan fingerprint density at radius 2 is 2.00 bits per heavy atom. The highest BCUT2D eigenvalue weighted by atomic mass is 79.9. The largest absolute Gasteiger partial charge is 0.355 e. The quantitative estimate of drug-likeness (QED) is 0.839. The SMILES string of the molecule is CC(CNC(=O)C1CC1c1cccc(Br)c1)c1ccccc1. The van der Waals surface area contributed by atoms with Crippen molar-refractivity contribution in [3.05, 3.63) is 70.2 Å². The van der Waals surface area contributed by atoms with Crippen molar-refractivity contribution >= 4 is 21.8 Å². The summed E-state index contributed by atoms with van der Waals surface area (Å²) in [6.07, 6.45) is 0.960. The molecule has 2 nitrogen and oxygen atoms in total. The van der Waals surface area contributed by atoms with Crippen molar-refractivity contribution in [3.8, 4) is 0 Å². The minimum Gasteiger partial charge on any atom is -0.355 e. The third kappa shape index (κ3) is 3.58. The lowest BCUT2D eigenvalue weighted by Crippen LogP contribution is -2.29. The lowest BCUT2D eigenvalue weighted by Gasteiger charge is -2.13. The van der Waals surface area contributed by atoms with Gasteiger partial charge in [-0.25, -0.2) is 0 Å². The van der Waals surface area contributed by atoms with E-state index in [2.05, 4.69) is 52.4 Å². The van der Waals surface area contributed by atoms with E-state index >= 15 is 0 Å². The fourth-order valence-corrected chi connectivity index (χ4v) is 3.29. The molecule has 22 heavy (non-hydrogen) atoms. The topological polar surface area (TPSA) is 29.1 Å². The Morgan fingerprint density at radius 1 is 1.23 bits per heavy atom. The number of carbonyl (C=O) groups is 1. The molecule has 0 spiro atoms. The Morgan fingerprint density at radius 3 is 2.73 bits per heavy atom. The van der Waals surface area contributed by atoms with Crippen LogP contribution in [0.5, 0.6) is 0 Å². The Balaban J connectivity index is 1.52. The molecule has 3 unspecified atom stereocenters. The van der Waals surface area contributed by atoms with Crippen LogP contribution < -0.4 is 5.32 Å². The van der Waals surface area contributed by atoms with E-state index in [0.29, 0.717) is 18.4 Å². The van der Waals surface area contributed by atoms with Gasteiger partial charge in [-0.05, 0) is 41.5 Å². The summed E-state index contributed by atoms with van der Waals surface area (Å²) in [6, 6.07) is 18.6. The number of rotatable bonds is 5. The van der Waals surface area contributed by atoms with Crippen LogP contribution in [0.3, 0.4) is 0 Å². The summed E-state index contributed by atoms with van der Waals surface area (Å²) in [5.41, 5.74) is 2.52. The molecule has 1 N–H and O–H groups in total. The third-order valence-electron chi connectivity index (χ3n) is 4.36. The second-order valence-electron chi connectivity index (χ2n) is 6.06. The molecule has 1 aliphatic rings. The zero-order chi connectivity index (χ0) is 15.5. The molecule has 1 amide bonds. The molecule has 3 atom stereocenters. The number of nitrogens with one attached hydrogen (secondary N) is 1. The van der Waals surface area contributed by atoms with Gasteiger partial charge in [0.05, 0.1) is 0 Å². The highest BCUT2D eigenvalue weighted by molar-refractivity contribution is 9.10. The van der Waals surface area contributed by atoms with Crippen LogP contribution in [0.2, 0.25) is 0 Å². The number of amides is 1. The average molecular weight is 358 g/mol. The third-order valence-corrected chi connectivity index (χ3v) is 4.85. The highest BCUT2D eigenvalue weighted by Gasteiger charge is 2.43. The summed E-state index contributed by atoms with van der Waals surface area (Å²) >= 11 is 3.49. The minimum absolute atomic E-state index is 0.136. The summed E-state index contributed by atoms with van der Waals surface area (Å²) in [5.74, 6) is 1.04. The fourth-order valence-electron chi connectivity index (χ4n) is 2.87. The molecule has 1 saturated carbocycles. The molecule has 3 heteroatoms. The summed E-state index contributed by atoms with van der Waals surface area (Å²) in [4.78, 5) is 12.3. The summed E-state index contributed by atoms with van der Waals surface area (Å²) < 4.78 is 1.08. The molecule has 0 saturated heterocycles. The van der Waals surface area contributed by atoms with Crippen LogP contribution >= 0.6 is 15.9 Å². The Labute approximate surface area is 140 Å². The zero-order valence-electron chi connectivity index (χ0n) is 12.6. The van der Waals surface area contributed by atoms with E-state index in [0.717, 1.165) is 10.9 Å². The lowest BCUT2D eigenvalue weighted by molar-refractivity contribution is -0.122. The summed E-state index contributed by atoms with van der Waals surface area (Å²) in [5, 5.41) is 3.11. The summed E-state index contributed by atoms with van der Waals surface area (Å²) in [7, 11) is 0. The van der Waals surface area contributed by atoms with Crippen molar-refractivity contribution in [2.24, 2.45) is 5.92 Å². The molecule has 0 bridgehead atoms. The van der Waals surface area contributed by atoms with Crippen molar-refractivity contribution in [1.82, 2.24) is 5.32 Å². The van der Waals surface area contributed by atoms with Gasteiger partial charge >= 0.3 is 0 Å². The van der Waals surface area contributed by atoms with Crippen molar-refractivity contribution < 1.29 is 4.79 Å². The van der Waals surface area contributed by atoms with E-state index < -0.39 is 0 Å². The molecule has 0 heterocycles. The molecule has 2 aromatic carbocycles. The highest BCUT2D eigenvalue weighted by Crippen LogP contribution is 2.47. The maximum absolute atomic E-state index is 12.3. The maximum Gasteiger partial charge on any atom is 0.223 e. The summed E-state index contributed by atoms with van der Waals surface area (Å²) in [6.45, 7) is 2.85. The van der Waals surface area contributed by atoms with Gasteiger partial charge in [-0.2, -0.15) is 0 Å². The van der Waals surface area contributed by atoms with Gasteiger partial charge in [0.1, 0.15) is 0 Å². The second-order valence-corrected chi connectivity index (χ2v) is 6.98. The molecule has 0 aliphatic heterocycles. The van der Waals surface area contributed by atoms with Crippen molar-refractivity contribution in [1.29, 1.82) is 0 Å². The van der Waals surface area contributed by atoms with E-state index in [4.69, 9.17) is 0 Å². The molecular formula is C19H20BrNO. The Kier molecular flexibility index (Phi) is 4.63. The molecule has 1 fully saturated rings. The van der Waals surface area contributed by atoms with Crippen molar-refractivity contribution in [3.63, 3.8) is 0 Å². The van der Waals surface area contributed by atoms with Crippen LogP contribution in [0, 0.1) is 5.92 Å².